The molecule has 0 aliphatic rings. The largest absolute Gasteiger partial charge is 0.480 e. The number of nitrogens with one attached hydrogen (secondary N) is 1. The first-order valence-electron chi connectivity index (χ1n) is 5.42. The van der Waals surface area contributed by atoms with Gasteiger partial charge < -0.3 is 25.2 Å². The first-order chi connectivity index (χ1) is 8.46. The quantitative estimate of drug-likeness (QED) is 0.508. The highest BCUT2D eigenvalue weighted by Crippen LogP contribution is 1.96. The maximum atomic E-state index is 11.7. The lowest BCUT2D eigenvalue weighted by molar-refractivity contribution is -0.141. The summed E-state index contributed by atoms with van der Waals surface area (Å²) in [5, 5.41) is 19.7. The lowest BCUT2D eigenvalue weighted by atomic mass is 10.2. The summed E-state index contributed by atoms with van der Waals surface area (Å²) in [6, 6.07) is -1.88. The third-order valence-electron chi connectivity index (χ3n) is 2.23. The van der Waals surface area contributed by atoms with E-state index in [9.17, 15) is 14.4 Å². The molecule has 8 nitrogen and oxygen atoms in total. The number of aliphatic hydroxyl groups is 1. The third-order valence-corrected chi connectivity index (χ3v) is 2.23. The molecular weight excluding hydrogens is 244 g/mol. The number of amides is 2. The number of likely N-dealkylation sites (N-methyl/N-ethyl adjacent to an activating group) is 1. The average Bonchev–Trinajstić information content (AvgIpc) is 2.34. The average molecular weight is 262 g/mol. The number of hydrogen-bond donors (Lipinski definition) is 3. The van der Waals surface area contributed by atoms with Crippen molar-refractivity contribution in [2.75, 3.05) is 26.8 Å². The number of ether oxygens (including phenoxy) is 1. The number of carbonyl (C=O) groups excluding carboxylic acids is 2. The maximum absolute atomic E-state index is 11.7. The Kier molecular flexibility index (Phi) is 7.45. The number of aliphatic hydroxyl groups excluding tert-OH is 1. The van der Waals surface area contributed by atoms with Crippen LogP contribution < -0.4 is 5.32 Å². The fraction of sp³-hybridized carbons (Fsp3) is 0.700. The summed E-state index contributed by atoms with van der Waals surface area (Å²) in [5.41, 5.74) is 0. The van der Waals surface area contributed by atoms with Crippen LogP contribution >= 0.6 is 0 Å². The fourth-order valence-corrected chi connectivity index (χ4v) is 1.17. The van der Waals surface area contributed by atoms with Crippen molar-refractivity contribution < 1.29 is 29.3 Å². The SMILES string of the molecule is CCN(CC(=O)OC)C(=O)N[C@@H](CCO)C(=O)O. The van der Waals surface area contributed by atoms with Crippen molar-refractivity contribution in [1.29, 1.82) is 0 Å². The molecule has 0 heterocycles. The lowest BCUT2D eigenvalue weighted by Crippen LogP contribution is -2.49. The maximum Gasteiger partial charge on any atom is 0.326 e. The van der Waals surface area contributed by atoms with Crippen LogP contribution in [0.4, 0.5) is 4.79 Å². The Morgan fingerprint density at radius 1 is 1.39 bits per heavy atom. The molecule has 0 aromatic rings. The van der Waals surface area contributed by atoms with E-state index in [1.165, 1.54) is 7.11 Å². The van der Waals surface area contributed by atoms with Gasteiger partial charge in [0.05, 0.1) is 7.11 Å². The number of urea groups is 1. The summed E-state index contributed by atoms with van der Waals surface area (Å²) in [6.45, 7) is 1.25. The molecule has 0 fully saturated rings. The molecule has 104 valence electrons. The van der Waals surface area contributed by atoms with Crippen molar-refractivity contribution in [2.45, 2.75) is 19.4 Å². The van der Waals surface area contributed by atoms with Crippen molar-refractivity contribution in [1.82, 2.24) is 10.2 Å². The number of aliphatic carboxylic acids is 1. The second-order valence-corrected chi connectivity index (χ2v) is 3.44. The zero-order valence-corrected chi connectivity index (χ0v) is 10.4. The minimum Gasteiger partial charge on any atom is -0.480 e. The third kappa shape index (κ3) is 5.48. The summed E-state index contributed by atoms with van der Waals surface area (Å²) in [4.78, 5) is 34.6. The predicted molar refractivity (Wildman–Crippen MR) is 60.9 cm³/mol. The van der Waals surface area contributed by atoms with E-state index in [-0.39, 0.29) is 26.1 Å². The van der Waals surface area contributed by atoms with Gasteiger partial charge in [-0.1, -0.05) is 0 Å². The van der Waals surface area contributed by atoms with Crippen LogP contribution in [-0.4, -0.2) is 65.9 Å². The van der Waals surface area contributed by atoms with Gasteiger partial charge in [-0.2, -0.15) is 0 Å². The van der Waals surface area contributed by atoms with E-state index in [4.69, 9.17) is 10.2 Å². The number of methoxy groups -OCH3 is 1. The highest BCUT2D eigenvalue weighted by molar-refractivity contribution is 5.85. The van der Waals surface area contributed by atoms with Crippen LogP contribution in [-0.2, 0) is 14.3 Å². The molecule has 0 unspecified atom stereocenters. The van der Waals surface area contributed by atoms with Gasteiger partial charge in [0.15, 0.2) is 0 Å². The van der Waals surface area contributed by atoms with E-state index in [2.05, 4.69) is 10.1 Å². The van der Waals surface area contributed by atoms with Crippen LogP contribution in [0, 0.1) is 0 Å². The van der Waals surface area contributed by atoms with Crippen LogP contribution in [0.15, 0.2) is 0 Å². The molecule has 0 radical (unpaired) electrons. The standard InChI is InChI=1S/C10H18N2O6/c1-3-12(6-8(14)18-2)10(17)11-7(4-5-13)9(15)16/h7,13H,3-6H2,1-2H3,(H,11,17)(H,15,16)/t7-/m0/s1. The van der Waals surface area contributed by atoms with Crippen molar-refractivity contribution >= 4 is 18.0 Å². The van der Waals surface area contributed by atoms with E-state index < -0.39 is 24.0 Å². The molecular formula is C10H18N2O6. The van der Waals surface area contributed by atoms with E-state index in [0.717, 1.165) is 4.90 Å². The normalized spacial score (nSPS) is 11.5. The molecule has 0 bridgehead atoms. The molecule has 3 N–H and O–H groups in total. The van der Waals surface area contributed by atoms with Gasteiger partial charge in [-0.05, 0) is 6.92 Å². The van der Waals surface area contributed by atoms with Crippen LogP contribution in [0.1, 0.15) is 13.3 Å². The molecule has 0 aliphatic carbocycles. The van der Waals surface area contributed by atoms with Gasteiger partial charge in [0.25, 0.3) is 0 Å². The van der Waals surface area contributed by atoms with Gasteiger partial charge in [0.1, 0.15) is 12.6 Å². The number of hydrogen-bond acceptors (Lipinski definition) is 5. The monoisotopic (exact) mass is 262 g/mol. The van der Waals surface area contributed by atoms with E-state index >= 15 is 0 Å². The van der Waals surface area contributed by atoms with Crippen molar-refractivity contribution in [2.24, 2.45) is 0 Å². The summed E-state index contributed by atoms with van der Waals surface area (Å²) >= 11 is 0. The van der Waals surface area contributed by atoms with Gasteiger partial charge in [0.2, 0.25) is 0 Å². The minimum atomic E-state index is -1.24. The van der Waals surface area contributed by atoms with Gasteiger partial charge in [-0.3, -0.25) is 4.79 Å². The van der Waals surface area contributed by atoms with Crippen molar-refractivity contribution in [3.05, 3.63) is 0 Å². The fourth-order valence-electron chi connectivity index (χ4n) is 1.17. The Hall–Kier alpha value is -1.83. The smallest absolute Gasteiger partial charge is 0.326 e. The summed E-state index contributed by atoms with van der Waals surface area (Å²) < 4.78 is 4.42. The van der Waals surface area contributed by atoms with Crippen LogP contribution in [0.3, 0.4) is 0 Å². The number of carboxylic acid groups (broad SMARTS) is 1. The van der Waals surface area contributed by atoms with Gasteiger partial charge in [0, 0.05) is 19.6 Å². The van der Waals surface area contributed by atoms with E-state index in [1.807, 2.05) is 0 Å². The number of esters is 1. The van der Waals surface area contributed by atoms with Gasteiger partial charge >= 0.3 is 18.0 Å². The Labute approximate surface area is 105 Å². The Bertz CT molecular complexity index is 307. The highest BCUT2D eigenvalue weighted by Gasteiger charge is 2.23. The van der Waals surface area contributed by atoms with Crippen LogP contribution in [0.5, 0.6) is 0 Å². The van der Waals surface area contributed by atoms with Crippen molar-refractivity contribution in [3.8, 4) is 0 Å². The number of carbonyl (C=O) groups is 3. The van der Waals surface area contributed by atoms with E-state index in [0.29, 0.717) is 0 Å². The molecule has 0 aliphatic heterocycles. The van der Waals surface area contributed by atoms with Crippen molar-refractivity contribution in [3.63, 3.8) is 0 Å². The first kappa shape index (κ1) is 16.2. The molecule has 18 heavy (non-hydrogen) atoms. The Morgan fingerprint density at radius 2 is 2.00 bits per heavy atom. The zero-order valence-electron chi connectivity index (χ0n) is 10.4. The number of rotatable bonds is 7. The van der Waals surface area contributed by atoms with Gasteiger partial charge in [-0.25, -0.2) is 9.59 Å². The topological polar surface area (TPSA) is 116 Å². The van der Waals surface area contributed by atoms with Crippen LogP contribution in [0.2, 0.25) is 0 Å². The molecule has 0 rings (SSSR count). The van der Waals surface area contributed by atoms with E-state index in [1.54, 1.807) is 6.92 Å². The number of nitrogens with zero attached hydrogens (tertiary/aromatic N) is 1. The zero-order chi connectivity index (χ0) is 14.1. The second-order valence-electron chi connectivity index (χ2n) is 3.44. The summed E-state index contributed by atoms with van der Waals surface area (Å²) in [6.07, 6.45) is -0.100. The molecule has 0 spiro atoms. The predicted octanol–water partition coefficient (Wildman–Crippen LogP) is -0.973. The molecule has 8 heteroatoms. The molecule has 0 aromatic carbocycles. The Balaban J connectivity index is 4.49. The number of carboxylic acids is 1. The molecule has 2 amide bonds. The molecule has 1 atom stereocenters. The first-order valence-corrected chi connectivity index (χ1v) is 5.42. The Morgan fingerprint density at radius 3 is 2.39 bits per heavy atom. The molecule has 0 saturated carbocycles. The molecule has 0 saturated heterocycles. The summed E-state index contributed by atoms with van der Waals surface area (Å²) in [7, 11) is 1.19. The lowest BCUT2D eigenvalue weighted by Gasteiger charge is -2.22. The van der Waals surface area contributed by atoms with Crippen LogP contribution in [0.25, 0.3) is 0 Å². The van der Waals surface area contributed by atoms with Gasteiger partial charge in [-0.15, -0.1) is 0 Å². The highest BCUT2D eigenvalue weighted by atomic mass is 16.5. The molecule has 0 aromatic heterocycles. The second kappa shape index (κ2) is 8.29. The minimum absolute atomic E-state index is 0.100. The summed E-state index contributed by atoms with van der Waals surface area (Å²) in [5.74, 6) is -1.84.